The van der Waals surface area contributed by atoms with Crippen LogP contribution in [-0.4, -0.2) is 127 Å². The topological polar surface area (TPSA) is 165 Å². The number of rotatable bonds is 6. The van der Waals surface area contributed by atoms with Gasteiger partial charge >= 0.3 is 30.5 Å². The number of amides is 5. The molecule has 3 heterocycles. The van der Waals surface area contributed by atoms with Crippen LogP contribution in [0.4, 0.5) is 24.0 Å². The minimum absolute atomic E-state index is 0.0261. The molecule has 12 bridgehead atoms. The molecule has 15 heteroatoms. The zero-order chi connectivity index (χ0) is 48.1. The molecular formula is C54H85N5O10. The largest absolute Gasteiger partial charge is 0.450 e. The zero-order valence-electron chi connectivity index (χ0n) is 42.5. The maximum atomic E-state index is 12.7. The molecule has 0 radical (unpaired) electrons. The molecule has 0 aromatic carbocycles. The summed E-state index contributed by atoms with van der Waals surface area (Å²) in [6, 6.07) is -0.0917. The molecule has 12 aliphatic carbocycles. The summed E-state index contributed by atoms with van der Waals surface area (Å²) >= 11 is 0. The summed E-state index contributed by atoms with van der Waals surface area (Å²) in [5.41, 5.74) is -0.513. The van der Waals surface area contributed by atoms with Gasteiger partial charge in [0.2, 0.25) is 0 Å². The van der Waals surface area contributed by atoms with Gasteiger partial charge in [-0.15, -0.1) is 0 Å². The van der Waals surface area contributed by atoms with E-state index in [0.717, 1.165) is 67.9 Å². The SMILES string of the molecule is CC(C)(C)OC(=O)N[C@@H]1CCN(C(=O)OC2C3CC4CC(C3)CC2C4)C1.CCOC(=O)N[C@@H]1CCN(C(=O)OC2C3CC4CC(C3)CC2C4)C1.C[C@@H]1CCN(C(=O)OC2C3CC4CC(C3)CC2C4)C1. The van der Waals surface area contributed by atoms with Crippen molar-refractivity contribution in [2.75, 3.05) is 45.9 Å². The molecule has 0 aromatic heterocycles. The molecule has 12 saturated carbocycles. The molecule has 0 aromatic rings. The van der Waals surface area contributed by atoms with Gasteiger partial charge in [0.1, 0.15) is 23.9 Å². The number of ether oxygens (including phenoxy) is 5. The predicted molar refractivity (Wildman–Crippen MR) is 257 cm³/mol. The normalized spacial score (nSPS) is 41.4. The Bertz CT molecular complexity index is 1790. The fourth-order valence-electron chi connectivity index (χ4n) is 16.8. The van der Waals surface area contributed by atoms with Crippen molar-refractivity contribution in [3.8, 4) is 0 Å². The van der Waals surface area contributed by atoms with Crippen LogP contribution in [0.2, 0.25) is 0 Å². The number of carbonyl (C=O) groups is 5. The Labute approximate surface area is 411 Å². The molecule has 15 aliphatic rings. The van der Waals surface area contributed by atoms with E-state index in [-0.39, 0.29) is 48.7 Å². The third-order valence-electron chi connectivity index (χ3n) is 19.0. The van der Waals surface area contributed by atoms with Gasteiger partial charge in [-0.3, -0.25) is 0 Å². The van der Waals surface area contributed by atoms with E-state index in [0.29, 0.717) is 74.2 Å². The summed E-state index contributed by atoms with van der Waals surface area (Å²) in [4.78, 5) is 66.3. The van der Waals surface area contributed by atoms with Crippen LogP contribution >= 0.6 is 0 Å². The highest BCUT2D eigenvalue weighted by Gasteiger charge is 2.53. The maximum absolute atomic E-state index is 12.7. The number of likely N-dealkylation sites (tertiary alicyclic amines) is 3. The Kier molecular flexibility index (Phi) is 14.5. The lowest BCUT2D eigenvalue weighted by atomic mass is 9.55. The van der Waals surface area contributed by atoms with E-state index in [1.807, 2.05) is 25.7 Å². The molecule has 2 N–H and O–H groups in total. The summed E-state index contributed by atoms with van der Waals surface area (Å²) < 4.78 is 28.1. The van der Waals surface area contributed by atoms with Gasteiger partial charge in [0.15, 0.2) is 0 Å². The van der Waals surface area contributed by atoms with Crippen molar-refractivity contribution in [1.82, 2.24) is 25.3 Å². The first-order valence-electron chi connectivity index (χ1n) is 27.9. The van der Waals surface area contributed by atoms with Crippen molar-refractivity contribution in [2.24, 2.45) is 76.9 Å². The van der Waals surface area contributed by atoms with Crippen LogP contribution in [0.1, 0.15) is 150 Å². The first kappa shape index (κ1) is 49.0. The Balaban J connectivity index is 0.000000122. The van der Waals surface area contributed by atoms with Crippen LogP contribution in [0.3, 0.4) is 0 Å². The number of hydrogen-bond donors (Lipinski definition) is 2. The summed E-state index contributed by atoms with van der Waals surface area (Å²) in [6.45, 7) is 14.0. The van der Waals surface area contributed by atoms with E-state index < -0.39 is 17.8 Å². The number of nitrogens with one attached hydrogen (secondary N) is 2. The molecule has 15 nitrogen and oxygen atoms in total. The number of alkyl carbamates (subject to hydrolysis) is 2. The molecule has 386 valence electrons. The van der Waals surface area contributed by atoms with Gasteiger partial charge in [0.25, 0.3) is 0 Å². The first-order chi connectivity index (χ1) is 33.1. The maximum Gasteiger partial charge on any atom is 0.410 e. The molecular weight excluding hydrogens is 879 g/mol. The van der Waals surface area contributed by atoms with Gasteiger partial charge in [0.05, 0.1) is 18.7 Å². The third kappa shape index (κ3) is 11.5. The highest BCUT2D eigenvalue weighted by molar-refractivity contribution is 5.71. The third-order valence-corrected chi connectivity index (χ3v) is 19.0. The Morgan fingerprint density at radius 1 is 0.464 bits per heavy atom. The molecule has 3 atom stereocenters. The minimum Gasteiger partial charge on any atom is -0.450 e. The Morgan fingerprint density at radius 3 is 1.09 bits per heavy atom. The van der Waals surface area contributed by atoms with Crippen molar-refractivity contribution >= 4 is 30.5 Å². The highest BCUT2D eigenvalue weighted by atomic mass is 16.6. The number of hydrogen-bond acceptors (Lipinski definition) is 10. The second-order valence-corrected chi connectivity index (χ2v) is 25.6. The molecule has 5 amide bonds. The van der Waals surface area contributed by atoms with Gasteiger partial charge in [-0.1, -0.05) is 6.92 Å². The van der Waals surface area contributed by atoms with Crippen LogP contribution in [0.5, 0.6) is 0 Å². The minimum atomic E-state index is -0.513. The average molecular weight is 964 g/mol. The van der Waals surface area contributed by atoms with Gasteiger partial charge in [-0.05, 0) is 220 Å². The second kappa shape index (κ2) is 20.5. The fourth-order valence-corrected chi connectivity index (χ4v) is 16.8. The van der Waals surface area contributed by atoms with Crippen molar-refractivity contribution in [3.63, 3.8) is 0 Å². The standard InChI is InChI=1S/C20H32N2O4.C18H28N2O4.C16H25NO2/c1-20(2,3)26-18(23)21-16-4-5-22(11-16)19(24)25-17-14-7-12-6-13(9-14)10-15(17)8-12;1-2-23-17(21)19-15-3-4-20(10-15)18(22)24-16-13-6-11-5-12(8-13)9-14(16)7-11;1-10-2-3-17(9-10)16(18)19-15-13-5-11-4-12(7-13)8-14(15)6-11/h12-17H,4-11H2,1-3H3,(H,21,23);11-16H,2-10H2,1H3,(H,19,21);10-15H,2-9H2,1H3/t12?,13?,14?,15?,16-,17?;11?,12?,13?,14?,15-,16?;10-,11?,12?,13?,14?,15?/m111/s1. The van der Waals surface area contributed by atoms with Crippen LogP contribution in [0.15, 0.2) is 0 Å². The molecule has 69 heavy (non-hydrogen) atoms. The van der Waals surface area contributed by atoms with Crippen LogP contribution in [0.25, 0.3) is 0 Å². The van der Waals surface area contributed by atoms with E-state index in [2.05, 4.69) is 17.6 Å². The second-order valence-electron chi connectivity index (χ2n) is 25.6. The monoisotopic (exact) mass is 964 g/mol. The van der Waals surface area contributed by atoms with Gasteiger partial charge in [-0.2, -0.15) is 0 Å². The quantitative estimate of drug-likeness (QED) is 0.245. The molecule has 0 spiro atoms. The summed E-state index contributed by atoms with van der Waals surface area (Å²) in [6.07, 6.45) is 21.4. The van der Waals surface area contributed by atoms with Crippen molar-refractivity contribution in [1.29, 1.82) is 0 Å². The van der Waals surface area contributed by atoms with E-state index >= 15 is 0 Å². The van der Waals surface area contributed by atoms with Crippen molar-refractivity contribution in [2.45, 2.75) is 186 Å². The summed E-state index contributed by atoms with van der Waals surface area (Å²) in [5, 5.41) is 5.67. The van der Waals surface area contributed by atoms with Crippen molar-refractivity contribution in [3.05, 3.63) is 0 Å². The molecule has 3 aliphatic heterocycles. The van der Waals surface area contributed by atoms with Gasteiger partial charge < -0.3 is 49.0 Å². The van der Waals surface area contributed by atoms with E-state index in [4.69, 9.17) is 23.7 Å². The smallest absolute Gasteiger partial charge is 0.410 e. The lowest BCUT2D eigenvalue weighted by Gasteiger charge is -2.53. The molecule has 15 fully saturated rings. The summed E-state index contributed by atoms with van der Waals surface area (Å²) in [7, 11) is 0. The lowest BCUT2D eigenvalue weighted by Crippen LogP contribution is -2.51. The molecule has 3 saturated heterocycles. The number of nitrogens with zero attached hydrogens (tertiary/aromatic N) is 3. The Morgan fingerprint density at radius 2 is 0.783 bits per heavy atom. The molecule has 0 unspecified atom stereocenters. The lowest BCUT2D eigenvalue weighted by molar-refractivity contribution is -0.102. The van der Waals surface area contributed by atoms with Gasteiger partial charge in [-0.25, -0.2) is 24.0 Å². The van der Waals surface area contributed by atoms with Gasteiger partial charge in [0, 0.05) is 39.3 Å². The Hall–Kier alpha value is -3.65. The van der Waals surface area contributed by atoms with Crippen LogP contribution in [-0.2, 0) is 23.7 Å². The average Bonchev–Trinajstić information content (AvgIpc) is 4.06. The highest BCUT2D eigenvalue weighted by Crippen LogP contribution is 2.57. The summed E-state index contributed by atoms with van der Waals surface area (Å²) in [5.74, 6) is 9.74. The van der Waals surface area contributed by atoms with Crippen LogP contribution < -0.4 is 10.6 Å². The predicted octanol–water partition coefficient (Wildman–Crippen LogP) is 9.60. The van der Waals surface area contributed by atoms with E-state index in [1.54, 1.807) is 16.7 Å². The number of carbonyl (C=O) groups excluding carboxylic acids is 5. The van der Waals surface area contributed by atoms with E-state index in [9.17, 15) is 24.0 Å². The molecule has 15 rings (SSSR count). The van der Waals surface area contributed by atoms with E-state index in [1.165, 1.54) is 96.3 Å². The zero-order valence-corrected chi connectivity index (χ0v) is 42.5. The van der Waals surface area contributed by atoms with Crippen molar-refractivity contribution < 1.29 is 47.7 Å². The first-order valence-corrected chi connectivity index (χ1v) is 27.9. The fraction of sp³-hybridized carbons (Fsp3) is 0.907. The van der Waals surface area contributed by atoms with Crippen LogP contribution in [0, 0.1) is 76.9 Å².